The molecule has 1 saturated heterocycles. The maximum Gasteiger partial charge on any atom is 0.243 e. The minimum atomic E-state index is -3.80. The molecule has 1 aromatic carbocycles. The maximum atomic E-state index is 14.0. The Balaban J connectivity index is 1.73. The minimum Gasteiger partial charge on any atom is -0.491 e. The smallest absolute Gasteiger partial charge is 0.243 e. The van der Waals surface area contributed by atoms with E-state index >= 15 is 0 Å². The molecule has 26 heavy (non-hydrogen) atoms. The number of benzene rings is 1. The SMILES string of the molecule is CCOc1ccc(S(=O)(=O)N2CCC(Oc3ncccc3Br)C2)cc1F. The van der Waals surface area contributed by atoms with Gasteiger partial charge in [0.2, 0.25) is 15.9 Å². The summed E-state index contributed by atoms with van der Waals surface area (Å²) in [4.78, 5) is 4.03. The standard InChI is InChI=1S/C17H18BrFN2O4S/c1-2-24-16-6-5-13(10-15(16)19)26(22,23)21-9-7-12(11-21)25-17-14(18)4-3-8-20-17/h3-6,8,10,12H,2,7,9,11H2,1H3. The summed E-state index contributed by atoms with van der Waals surface area (Å²) in [7, 11) is -3.80. The van der Waals surface area contributed by atoms with Crippen LogP contribution >= 0.6 is 15.9 Å². The Bertz CT molecular complexity index is 894. The van der Waals surface area contributed by atoms with Gasteiger partial charge in [-0.25, -0.2) is 17.8 Å². The van der Waals surface area contributed by atoms with E-state index in [0.29, 0.717) is 29.9 Å². The lowest BCUT2D eigenvalue weighted by atomic mass is 10.3. The van der Waals surface area contributed by atoms with Crippen molar-refractivity contribution in [3.63, 3.8) is 0 Å². The zero-order valence-corrected chi connectivity index (χ0v) is 16.5. The molecule has 0 radical (unpaired) electrons. The third kappa shape index (κ3) is 3.99. The molecule has 0 amide bonds. The highest BCUT2D eigenvalue weighted by molar-refractivity contribution is 9.10. The minimum absolute atomic E-state index is 0.0362. The van der Waals surface area contributed by atoms with Gasteiger partial charge in [0.05, 0.1) is 22.5 Å². The second-order valence-corrected chi connectivity index (χ2v) is 8.50. The Morgan fingerprint density at radius 3 is 2.88 bits per heavy atom. The summed E-state index contributed by atoms with van der Waals surface area (Å²) in [5.74, 6) is -0.240. The van der Waals surface area contributed by atoms with Crippen LogP contribution in [-0.2, 0) is 10.0 Å². The fraction of sp³-hybridized carbons (Fsp3) is 0.353. The van der Waals surface area contributed by atoms with Crippen LogP contribution in [0.1, 0.15) is 13.3 Å². The van der Waals surface area contributed by atoms with Crippen molar-refractivity contribution in [3.05, 3.63) is 46.8 Å². The summed E-state index contributed by atoms with van der Waals surface area (Å²) in [5, 5.41) is 0. The van der Waals surface area contributed by atoms with E-state index in [-0.39, 0.29) is 23.3 Å². The highest BCUT2D eigenvalue weighted by Gasteiger charge is 2.34. The first-order valence-electron chi connectivity index (χ1n) is 8.11. The van der Waals surface area contributed by atoms with Crippen LogP contribution in [0, 0.1) is 5.82 Å². The van der Waals surface area contributed by atoms with Gasteiger partial charge in [-0.3, -0.25) is 0 Å². The molecule has 2 heterocycles. The van der Waals surface area contributed by atoms with Gasteiger partial charge in [0, 0.05) is 12.7 Å². The average molecular weight is 445 g/mol. The summed E-state index contributed by atoms with van der Waals surface area (Å²) in [6.07, 6.45) is 1.82. The third-order valence-electron chi connectivity index (χ3n) is 3.95. The molecular formula is C17H18BrFN2O4S. The van der Waals surface area contributed by atoms with E-state index in [2.05, 4.69) is 20.9 Å². The third-order valence-corrected chi connectivity index (χ3v) is 6.42. The molecular weight excluding hydrogens is 427 g/mol. The van der Waals surface area contributed by atoms with Gasteiger partial charge in [-0.2, -0.15) is 4.31 Å². The Labute approximate surface area is 160 Å². The van der Waals surface area contributed by atoms with E-state index in [4.69, 9.17) is 9.47 Å². The molecule has 140 valence electrons. The lowest BCUT2D eigenvalue weighted by Crippen LogP contribution is -2.31. The number of hydrogen-bond donors (Lipinski definition) is 0. The fourth-order valence-corrected chi connectivity index (χ4v) is 4.54. The molecule has 1 atom stereocenters. The van der Waals surface area contributed by atoms with E-state index in [9.17, 15) is 12.8 Å². The van der Waals surface area contributed by atoms with Gasteiger partial charge in [0.25, 0.3) is 0 Å². The zero-order chi connectivity index (χ0) is 18.7. The van der Waals surface area contributed by atoms with Crippen molar-refractivity contribution in [2.75, 3.05) is 19.7 Å². The molecule has 0 aliphatic carbocycles. The summed E-state index contributed by atoms with van der Waals surface area (Å²) >= 11 is 3.35. The molecule has 0 bridgehead atoms. The number of ether oxygens (including phenoxy) is 2. The summed E-state index contributed by atoms with van der Waals surface area (Å²) in [6.45, 7) is 2.51. The zero-order valence-electron chi connectivity index (χ0n) is 14.1. The summed E-state index contributed by atoms with van der Waals surface area (Å²) in [6, 6.07) is 7.24. The van der Waals surface area contributed by atoms with Crippen molar-refractivity contribution in [1.82, 2.24) is 9.29 Å². The largest absolute Gasteiger partial charge is 0.491 e. The predicted octanol–water partition coefficient (Wildman–Crippen LogP) is 3.22. The lowest BCUT2D eigenvalue weighted by molar-refractivity contribution is 0.205. The van der Waals surface area contributed by atoms with Crippen LogP contribution in [0.15, 0.2) is 45.9 Å². The van der Waals surface area contributed by atoms with Crippen LogP contribution in [0.2, 0.25) is 0 Å². The maximum absolute atomic E-state index is 14.0. The predicted molar refractivity (Wildman–Crippen MR) is 97.3 cm³/mol. The number of hydrogen-bond acceptors (Lipinski definition) is 5. The van der Waals surface area contributed by atoms with Crippen molar-refractivity contribution < 1.29 is 22.3 Å². The Kier molecular flexibility index (Phi) is 5.79. The molecule has 1 aromatic heterocycles. The van der Waals surface area contributed by atoms with Gasteiger partial charge >= 0.3 is 0 Å². The van der Waals surface area contributed by atoms with Crippen molar-refractivity contribution in [3.8, 4) is 11.6 Å². The number of nitrogens with zero attached hydrogens (tertiary/aromatic N) is 2. The van der Waals surface area contributed by atoms with Gasteiger partial charge in [0.15, 0.2) is 11.6 Å². The van der Waals surface area contributed by atoms with Gasteiger partial charge in [-0.05, 0) is 59.6 Å². The van der Waals surface area contributed by atoms with E-state index in [1.165, 1.54) is 16.4 Å². The Morgan fingerprint density at radius 2 is 2.19 bits per heavy atom. The van der Waals surface area contributed by atoms with E-state index < -0.39 is 15.8 Å². The van der Waals surface area contributed by atoms with Gasteiger partial charge < -0.3 is 9.47 Å². The van der Waals surface area contributed by atoms with E-state index in [0.717, 1.165) is 6.07 Å². The van der Waals surface area contributed by atoms with Gasteiger partial charge in [0.1, 0.15) is 6.10 Å². The van der Waals surface area contributed by atoms with Crippen LogP contribution < -0.4 is 9.47 Å². The van der Waals surface area contributed by atoms with E-state index in [1.807, 2.05) is 0 Å². The second-order valence-electron chi connectivity index (χ2n) is 5.71. The van der Waals surface area contributed by atoms with Crippen molar-refractivity contribution in [1.29, 1.82) is 0 Å². The first-order chi connectivity index (χ1) is 12.4. The Hall–Kier alpha value is -1.71. The first kappa shape index (κ1) is 19.1. The second kappa shape index (κ2) is 7.89. The van der Waals surface area contributed by atoms with Crippen LogP contribution in [0.3, 0.4) is 0 Å². The number of pyridine rings is 1. The monoisotopic (exact) mass is 444 g/mol. The average Bonchev–Trinajstić information content (AvgIpc) is 3.08. The highest BCUT2D eigenvalue weighted by atomic mass is 79.9. The normalized spacial score (nSPS) is 18.0. The number of aromatic nitrogens is 1. The molecule has 1 aliphatic rings. The molecule has 3 rings (SSSR count). The van der Waals surface area contributed by atoms with E-state index in [1.54, 1.807) is 25.3 Å². The molecule has 6 nitrogen and oxygen atoms in total. The molecule has 1 unspecified atom stereocenters. The Morgan fingerprint density at radius 1 is 1.38 bits per heavy atom. The van der Waals surface area contributed by atoms with Crippen molar-refractivity contribution in [2.45, 2.75) is 24.3 Å². The highest BCUT2D eigenvalue weighted by Crippen LogP contribution is 2.28. The molecule has 0 saturated carbocycles. The van der Waals surface area contributed by atoms with Crippen molar-refractivity contribution in [2.24, 2.45) is 0 Å². The van der Waals surface area contributed by atoms with Gasteiger partial charge in [-0.1, -0.05) is 0 Å². The van der Waals surface area contributed by atoms with Crippen LogP contribution in [-0.4, -0.2) is 43.5 Å². The number of halogens is 2. The summed E-state index contributed by atoms with van der Waals surface area (Å²) in [5.41, 5.74) is 0. The van der Waals surface area contributed by atoms with Gasteiger partial charge in [-0.15, -0.1) is 0 Å². The fourth-order valence-electron chi connectivity index (χ4n) is 2.69. The molecule has 1 aliphatic heterocycles. The molecule has 1 fully saturated rings. The first-order valence-corrected chi connectivity index (χ1v) is 10.3. The van der Waals surface area contributed by atoms with Crippen LogP contribution in [0.5, 0.6) is 11.6 Å². The molecule has 9 heteroatoms. The quantitative estimate of drug-likeness (QED) is 0.683. The molecule has 2 aromatic rings. The molecule has 0 N–H and O–H groups in total. The van der Waals surface area contributed by atoms with Crippen LogP contribution in [0.4, 0.5) is 4.39 Å². The lowest BCUT2D eigenvalue weighted by Gasteiger charge is -2.18. The topological polar surface area (TPSA) is 68.7 Å². The van der Waals surface area contributed by atoms with Crippen LogP contribution in [0.25, 0.3) is 0 Å². The molecule has 0 spiro atoms. The number of sulfonamides is 1. The van der Waals surface area contributed by atoms with Crippen molar-refractivity contribution >= 4 is 26.0 Å². The number of rotatable bonds is 6. The summed E-state index contributed by atoms with van der Waals surface area (Å²) < 4.78 is 52.4.